The number of carbonyl (C=O) groups is 1. The van der Waals surface area contributed by atoms with Crippen LogP contribution in [0.5, 0.6) is 0 Å². The maximum Gasteiger partial charge on any atom is 0.224 e. The van der Waals surface area contributed by atoms with Crippen molar-refractivity contribution < 1.29 is 4.79 Å². The summed E-state index contributed by atoms with van der Waals surface area (Å²) in [4.78, 5) is 12.8. The highest BCUT2D eigenvalue weighted by Gasteiger charge is 2.04. The predicted octanol–water partition coefficient (Wildman–Crippen LogP) is 3.78. The summed E-state index contributed by atoms with van der Waals surface area (Å²) < 4.78 is 0. The van der Waals surface area contributed by atoms with E-state index in [0.717, 1.165) is 12.1 Å². The third kappa shape index (κ3) is 4.71. The summed E-state index contributed by atoms with van der Waals surface area (Å²) in [6.45, 7) is 4.25. The molecule has 1 amide bonds. The van der Waals surface area contributed by atoms with Crippen molar-refractivity contribution >= 4 is 23.4 Å². The van der Waals surface area contributed by atoms with Gasteiger partial charge in [0.15, 0.2) is 0 Å². The van der Waals surface area contributed by atoms with Gasteiger partial charge in [-0.05, 0) is 36.8 Å². The summed E-state index contributed by atoms with van der Waals surface area (Å²) in [7, 11) is 0. The van der Waals surface area contributed by atoms with E-state index in [2.05, 4.69) is 19.2 Å². The van der Waals surface area contributed by atoms with Crippen LogP contribution in [0.25, 0.3) is 0 Å². The Hall–Kier alpha value is -0.960. The zero-order valence-electron chi connectivity index (χ0n) is 10.1. The molecule has 0 unspecified atom stereocenters. The van der Waals surface area contributed by atoms with Gasteiger partial charge in [0.05, 0.1) is 0 Å². The van der Waals surface area contributed by atoms with Crippen LogP contribution in [-0.2, 0) is 4.79 Å². The van der Waals surface area contributed by atoms with Crippen LogP contribution in [0.15, 0.2) is 29.2 Å². The van der Waals surface area contributed by atoms with Crippen molar-refractivity contribution in [3.05, 3.63) is 24.3 Å². The molecule has 1 aromatic rings. The zero-order valence-corrected chi connectivity index (χ0v) is 10.9. The zero-order chi connectivity index (χ0) is 12.0. The minimum absolute atomic E-state index is 0.104. The molecule has 0 fully saturated rings. The van der Waals surface area contributed by atoms with E-state index in [-0.39, 0.29) is 5.91 Å². The summed E-state index contributed by atoms with van der Waals surface area (Å²) in [5, 5.41) is 2.92. The fraction of sp³-hybridized carbons (Fsp3) is 0.462. The van der Waals surface area contributed by atoms with E-state index in [4.69, 9.17) is 0 Å². The second-order valence-electron chi connectivity index (χ2n) is 4.21. The van der Waals surface area contributed by atoms with Crippen molar-refractivity contribution in [1.82, 2.24) is 0 Å². The summed E-state index contributed by atoms with van der Waals surface area (Å²) in [5.74, 6) is 0.676. The number of benzene rings is 1. The van der Waals surface area contributed by atoms with E-state index in [1.165, 1.54) is 4.90 Å². The lowest BCUT2D eigenvalue weighted by molar-refractivity contribution is -0.116. The van der Waals surface area contributed by atoms with E-state index in [0.29, 0.717) is 12.3 Å². The smallest absolute Gasteiger partial charge is 0.224 e. The molecule has 0 spiro atoms. The summed E-state index contributed by atoms with van der Waals surface area (Å²) in [6.07, 6.45) is 3.56. The van der Waals surface area contributed by atoms with Gasteiger partial charge < -0.3 is 5.32 Å². The maximum absolute atomic E-state index is 11.6. The average Bonchev–Trinajstić information content (AvgIpc) is 2.26. The number of nitrogens with one attached hydrogen (secondary N) is 1. The van der Waals surface area contributed by atoms with Crippen molar-refractivity contribution in [2.45, 2.75) is 31.6 Å². The fourth-order valence-corrected chi connectivity index (χ4v) is 1.80. The van der Waals surface area contributed by atoms with Crippen LogP contribution in [0.3, 0.4) is 0 Å². The lowest BCUT2D eigenvalue weighted by Gasteiger charge is -2.07. The Morgan fingerprint density at radius 1 is 1.44 bits per heavy atom. The quantitative estimate of drug-likeness (QED) is 0.790. The van der Waals surface area contributed by atoms with Gasteiger partial charge in [0.25, 0.3) is 0 Å². The molecule has 0 aliphatic carbocycles. The predicted molar refractivity (Wildman–Crippen MR) is 70.9 cm³/mol. The minimum atomic E-state index is 0.104. The molecule has 0 radical (unpaired) electrons. The number of anilines is 1. The second-order valence-corrected chi connectivity index (χ2v) is 5.09. The van der Waals surface area contributed by atoms with Gasteiger partial charge >= 0.3 is 0 Å². The highest BCUT2D eigenvalue weighted by molar-refractivity contribution is 7.98. The number of hydrogen-bond acceptors (Lipinski definition) is 2. The SMILES string of the molecule is CSc1cccc(NC(=O)CCC(C)C)c1. The molecule has 1 rings (SSSR count). The minimum Gasteiger partial charge on any atom is -0.326 e. The van der Waals surface area contributed by atoms with Crippen LogP contribution >= 0.6 is 11.8 Å². The van der Waals surface area contributed by atoms with E-state index < -0.39 is 0 Å². The maximum atomic E-state index is 11.6. The molecule has 88 valence electrons. The molecule has 0 aliphatic rings. The molecule has 0 bridgehead atoms. The Kier molecular flexibility index (Phi) is 5.39. The third-order valence-corrected chi connectivity index (χ3v) is 3.03. The first-order valence-electron chi connectivity index (χ1n) is 5.55. The van der Waals surface area contributed by atoms with Gasteiger partial charge in [0.1, 0.15) is 0 Å². The van der Waals surface area contributed by atoms with Gasteiger partial charge in [0, 0.05) is 17.0 Å². The van der Waals surface area contributed by atoms with Gasteiger partial charge in [-0.1, -0.05) is 19.9 Å². The number of hydrogen-bond donors (Lipinski definition) is 1. The lowest BCUT2D eigenvalue weighted by Crippen LogP contribution is -2.12. The molecule has 0 saturated heterocycles. The monoisotopic (exact) mass is 237 g/mol. The normalized spacial score (nSPS) is 10.5. The molecule has 16 heavy (non-hydrogen) atoms. The molecule has 3 heteroatoms. The van der Waals surface area contributed by atoms with Gasteiger partial charge in [-0.15, -0.1) is 11.8 Å². The Balaban J connectivity index is 2.49. The molecule has 0 aromatic heterocycles. The molecular formula is C13H19NOS. The molecule has 0 heterocycles. The standard InChI is InChI=1S/C13H19NOS/c1-10(2)7-8-13(15)14-11-5-4-6-12(9-11)16-3/h4-6,9-10H,7-8H2,1-3H3,(H,14,15). The molecule has 0 aliphatic heterocycles. The topological polar surface area (TPSA) is 29.1 Å². The number of carbonyl (C=O) groups excluding carboxylic acids is 1. The fourth-order valence-electron chi connectivity index (χ4n) is 1.34. The summed E-state index contributed by atoms with van der Waals surface area (Å²) >= 11 is 1.68. The first kappa shape index (κ1) is 13.1. The molecule has 2 nitrogen and oxygen atoms in total. The van der Waals surface area contributed by atoms with Crippen LogP contribution in [0.2, 0.25) is 0 Å². The highest BCUT2D eigenvalue weighted by atomic mass is 32.2. The van der Waals surface area contributed by atoms with Gasteiger partial charge in [-0.3, -0.25) is 4.79 Å². The van der Waals surface area contributed by atoms with Crippen LogP contribution < -0.4 is 5.32 Å². The number of rotatable bonds is 5. The van der Waals surface area contributed by atoms with Crippen LogP contribution in [0.1, 0.15) is 26.7 Å². The van der Waals surface area contributed by atoms with E-state index in [9.17, 15) is 4.79 Å². The Morgan fingerprint density at radius 3 is 2.81 bits per heavy atom. The van der Waals surface area contributed by atoms with Crippen molar-refractivity contribution in [3.8, 4) is 0 Å². The van der Waals surface area contributed by atoms with Gasteiger partial charge in [-0.25, -0.2) is 0 Å². The first-order valence-corrected chi connectivity index (χ1v) is 6.78. The van der Waals surface area contributed by atoms with Crippen molar-refractivity contribution in [3.63, 3.8) is 0 Å². The molecule has 0 atom stereocenters. The van der Waals surface area contributed by atoms with E-state index >= 15 is 0 Å². The molecular weight excluding hydrogens is 218 g/mol. The average molecular weight is 237 g/mol. The Bertz CT molecular complexity index is 350. The summed E-state index contributed by atoms with van der Waals surface area (Å²) in [6, 6.07) is 7.92. The number of amides is 1. The van der Waals surface area contributed by atoms with Crippen molar-refractivity contribution in [2.24, 2.45) is 5.92 Å². The molecule has 0 saturated carbocycles. The second kappa shape index (κ2) is 6.59. The largest absolute Gasteiger partial charge is 0.326 e. The highest BCUT2D eigenvalue weighted by Crippen LogP contribution is 2.19. The number of thioether (sulfide) groups is 1. The van der Waals surface area contributed by atoms with Gasteiger partial charge in [-0.2, -0.15) is 0 Å². The Labute approximate surface area is 102 Å². The Morgan fingerprint density at radius 2 is 2.19 bits per heavy atom. The van der Waals surface area contributed by atoms with Gasteiger partial charge in [0.2, 0.25) is 5.91 Å². The molecule has 1 N–H and O–H groups in total. The lowest BCUT2D eigenvalue weighted by atomic mass is 10.1. The van der Waals surface area contributed by atoms with Crippen molar-refractivity contribution in [2.75, 3.05) is 11.6 Å². The molecule has 1 aromatic carbocycles. The first-order chi connectivity index (χ1) is 7.61. The third-order valence-electron chi connectivity index (χ3n) is 2.30. The van der Waals surface area contributed by atoms with Crippen LogP contribution in [0.4, 0.5) is 5.69 Å². The van der Waals surface area contributed by atoms with Crippen molar-refractivity contribution in [1.29, 1.82) is 0 Å². The van der Waals surface area contributed by atoms with E-state index in [1.54, 1.807) is 11.8 Å². The van der Waals surface area contributed by atoms with Crippen LogP contribution in [0, 0.1) is 5.92 Å². The summed E-state index contributed by atoms with van der Waals surface area (Å²) in [5.41, 5.74) is 0.889. The van der Waals surface area contributed by atoms with Crippen LogP contribution in [-0.4, -0.2) is 12.2 Å². The van der Waals surface area contributed by atoms with E-state index in [1.807, 2.05) is 30.5 Å².